The van der Waals surface area contributed by atoms with Crippen LogP contribution < -0.4 is 4.74 Å². The molecule has 0 aliphatic heterocycles. The Hall–Kier alpha value is -5.69. The van der Waals surface area contributed by atoms with E-state index in [9.17, 15) is 14.4 Å². The molecule has 0 heterocycles. The highest BCUT2D eigenvalue weighted by atomic mass is 16.5. The number of hydrogen-bond donors (Lipinski definition) is 1. The third-order valence-corrected chi connectivity index (χ3v) is 6.89. The van der Waals surface area contributed by atoms with E-state index >= 15 is 0 Å². The third-order valence-electron chi connectivity index (χ3n) is 6.89. The van der Waals surface area contributed by atoms with Gasteiger partial charge in [0.2, 0.25) is 0 Å². The highest BCUT2D eigenvalue weighted by Gasteiger charge is 2.13. The van der Waals surface area contributed by atoms with Gasteiger partial charge in [-0.3, -0.25) is 4.79 Å². The summed E-state index contributed by atoms with van der Waals surface area (Å²) in [4.78, 5) is 36.2. The molecule has 5 aromatic carbocycles. The number of carbonyl (C=O) groups excluding carboxylic acids is 2. The van der Waals surface area contributed by atoms with Gasteiger partial charge in [-0.05, 0) is 75.8 Å². The summed E-state index contributed by atoms with van der Waals surface area (Å²) in [6, 6.07) is 38.2. The summed E-state index contributed by atoms with van der Waals surface area (Å²) in [5, 5.41) is 9.01. The minimum absolute atomic E-state index is 0.00680. The number of carbonyl (C=O) groups is 3. The van der Waals surface area contributed by atoms with Crippen molar-refractivity contribution in [2.45, 2.75) is 26.2 Å². The van der Waals surface area contributed by atoms with Gasteiger partial charge in [0.05, 0.1) is 17.5 Å². The van der Waals surface area contributed by atoms with Crippen LogP contribution in [0.5, 0.6) is 5.75 Å². The van der Waals surface area contributed by atoms with Crippen LogP contribution in [0.4, 0.5) is 0 Å². The first kappa shape index (κ1) is 29.8. The topological polar surface area (TPSA) is 99.1 Å². The lowest BCUT2D eigenvalue weighted by atomic mass is 10.0. The van der Waals surface area contributed by atoms with Gasteiger partial charge in [-0.1, -0.05) is 84.9 Å². The quantitative estimate of drug-likeness (QED) is 0.154. The first-order chi connectivity index (χ1) is 21.4. The van der Waals surface area contributed by atoms with Gasteiger partial charge in [0, 0.05) is 0 Å². The molecule has 0 saturated carbocycles. The van der Waals surface area contributed by atoms with Crippen molar-refractivity contribution in [2.24, 2.45) is 0 Å². The Morgan fingerprint density at radius 2 is 1.11 bits per heavy atom. The molecule has 7 heteroatoms. The number of rotatable bonds is 12. The Balaban J connectivity index is 1.28. The number of hydrogen-bond acceptors (Lipinski definition) is 6. The highest BCUT2D eigenvalue weighted by molar-refractivity contribution is 5.89. The molecule has 0 aliphatic rings. The van der Waals surface area contributed by atoms with Crippen molar-refractivity contribution in [3.05, 3.63) is 161 Å². The fraction of sp³-hybridized carbons (Fsp3) is 0.108. The Bertz CT molecular complexity index is 1730. The zero-order chi connectivity index (χ0) is 30.7. The summed E-state index contributed by atoms with van der Waals surface area (Å²) in [7, 11) is 0. The summed E-state index contributed by atoms with van der Waals surface area (Å²) in [6.07, 6.45) is -0.0227. The van der Waals surface area contributed by atoms with Gasteiger partial charge in [-0.15, -0.1) is 0 Å². The molecule has 0 bridgehead atoms. The van der Waals surface area contributed by atoms with Gasteiger partial charge < -0.3 is 19.3 Å². The van der Waals surface area contributed by atoms with E-state index in [-0.39, 0.29) is 26.2 Å². The van der Waals surface area contributed by atoms with Crippen molar-refractivity contribution in [2.75, 3.05) is 0 Å². The predicted octanol–water partition coefficient (Wildman–Crippen LogP) is 7.27. The summed E-state index contributed by atoms with van der Waals surface area (Å²) in [6.45, 7) is 0.262. The predicted molar refractivity (Wildman–Crippen MR) is 165 cm³/mol. The molecule has 0 fully saturated rings. The van der Waals surface area contributed by atoms with Crippen LogP contribution in [0.15, 0.2) is 127 Å². The molecule has 1 N–H and O–H groups in total. The van der Waals surface area contributed by atoms with Crippen LogP contribution in [-0.2, 0) is 40.5 Å². The Kier molecular flexibility index (Phi) is 9.80. The molecule has 0 atom stereocenters. The average molecular weight is 587 g/mol. The molecule has 0 spiro atoms. The normalized spacial score (nSPS) is 10.5. The number of benzene rings is 5. The lowest BCUT2D eigenvalue weighted by molar-refractivity contribution is -0.136. The van der Waals surface area contributed by atoms with Gasteiger partial charge >= 0.3 is 17.9 Å². The second-order valence-corrected chi connectivity index (χ2v) is 10.1. The maximum atomic E-state index is 12.6. The maximum Gasteiger partial charge on any atom is 0.338 e. The van der Waals surface area contributed by atoms with Crippen molar-refractivity contribution in [3.8, 4) is 16.9 Å². The molecule has 0 aromatic heterocycles. The second-order valence-electron chi connectivity index (χ2n) is 10.1. The van der Waals surface area contributed by atoms with Crippen molar-refractivity contribution >= 4 is 17.9 Å². The minimum atomic E-state index is -0.869. The summed E-state index contributed by atoms with van der Waals surface area (Å²) in [5.74, 6) is -1.10. The Morgan fingerprint density at radius 3 is 1.73 bits per heavy atom. The molecular formula is C37H30O7. The first-order valence-corrected chi connectivity index (χ1v) is 14.0. The molecule has 5 aromatic rings. The van der Waals surface area contributed by atoms with Crippen LogP contribution in [0.2, 0.25) is 0 Å². The molecule has 5 rings (SSSR count). The van der Waals surface area contributed by atoms with Crippen LogP contribution in [0.1, 0.15) is 43.0 Å². The first-order valence-electron chi connectivity index (χ1n) is 14.0. The molecule has 44 heavy (non-hydrogen) atoms. The second kappa shape index (κ2) is 14.5. The van der Waals surface area contributed by atoms with Crippen LogP contribution in [0.25, 0.3) is 11.1 Å². The van der Waals surface area contributed by atoms with E-state index in [2.05, 4.69) is 0 Å². The van der Waals surface area contributed by atoms with E-state index in [4.69, 9.17) is 19.3 Å². The number of carboxylic acid groups (broad SMARTS) is 1. The van der Waals surface area contributed by atoms with E-state index in [1.807, 2.05) is 78.9 Å². The molecular weight excluding hydrogens is 556 g/mol. The zero-order valence-corrected chi connectivity index (χ0v) is 23.8. The summed E-state index contributed by atoms with van der Waals surface area (Å²) in [5.41, 5.74) is 5.77. The van der Waals surface area contributed by atoms with Gasteiger partial charge in [0.15, 0.2) is 0 Å². The Morgan fingerprint density at radius 1 is 0.523 bits per heavy atom. The standard InChI is InChI=1S/C37H30O7/c38-35(39)21-26-14-17-28(18-15-26)31-12-7-13-34(22-31)42-23-27-16-19-32(24-43-36(40)29-8-3-1-4-9-29)33(20-27)25-44-37(41)30-10-5-2-6-11-30/h1-20,22H,21,23-25H2,(H,38,39). The van der Waals surface area contributed by atoms with Crippen LogP contribution in [0.3, 0.4) is 0 Å². The van der Waals surface area contributed by atoms with Crippen LogP contribution in [0, 0.1) is 0 Å². The molecule has 0 amide bonds. The van der Waals surface area contributed by atoms with E-state index in [0.717, 1.165) is 22.3 Å². The van der Waals surface area contributed by atoms with Crippen LogP contribution >= 0.6 is 0 Å². The third kappa shape index (κ3) is 8.20. The molecule has 0 radical (unpaired) electrons. The van der Waals surface area contributed by atoms with E-state index in [1.54, 1.807) is 48.5 Å². The lowest BCUT2D eigenvalue weighted by Gasteiger charge is -2.14. The SMILES string of the molecule is O=C(O)Cc1ccc(-c2cccc(OCc3ccc(COC(=O)c4ccccc4)c(COC(=O)c4ccccc4)c3)c2)cc1. The monoisotopic (exact) mass is 586 g/mol. The largest absolute Gasteiger partial charge is 0.489 e. The van der Waals surface area contributed by atoms with E-state index in [1.165, 1.54) is 0 Å². The molecule has 0 saturated heterocycles. The maximum absolute atomic E-state index is 12.6. The molecule has 0 unspecified atom stereocenters. The zero-order valence-electron chi connectivity index (χ0n) is 23.8. The number of carboxylic acids is 1. The Labute approximate surface area is 255 Å². The van der Waals surface area contributed by atoms with E-state index < -0.39 is 17.9 Å². The number of esters is 2. The van der Waals surface area contributed by atoms with Crippen molar-refractivity contribution in [3.63, 3.8) is 0 Å². The smallest absolute Gasteiger partial charge is 0.338 e. The van der Waals surface area contributed by atoms with Crippen molar-refractivity contribution in [1.82, 2.24) is 0 Å². The van der Waals surface area contributed by atoms with E-state index in [0.29, 0.717) is 28.0 Å². The summed E-state index contributed by atoms with van der Waals surface area (Å²) >= 11 is 0. The average Bonchev–Trinajstić information content (AvgIpc) is 3.06. The van der Waals surface area contributed by atoms with Crippen LogP contribution in [-0.4, -0.2) is 23.0 Å². The van der Waals surface area contributed by atoms with Crippen molar-refractivity contribution in [1.29, 1.82) is 0 Å². The minimum Gasteiger partial charge on any atom is -0.489 e. The molecule has 0 aliphatic carbocycles. The highest BCUT2D eigenvalue weighted by Crippen LogP contribution is 2.26. The number of aliphatic carboxylic acids is 1. The molecule has 7 nitrogen and oxygen atoms in total. The van der Waals surface area contributed by atoms with Gasteiger partial charge in [-0.25, -0.2) is 9.59 Å². The molecule has 220 valence electrons. The fourth-order valence-corrected chi connectivity index (χ4v) is 4.57. The van der Waals surface area contributed by atoms with Crippen molar-refractivity contribution < 1.29 is 33.7 Å². The van der Waals surface area contributed by atoms with Gasteiger partial charge in [0.1, 0.15) is 25.6 Å². The van der Waals surface area contributed by atoms with Gasteiger partial charge in [0.25, 0.3) is 0 Å². The number of ether oxygens (including phenoxy) is 3. The lowest BCUT2D eigenvalue weighted by Crippen LogP contribution is -2.10. The fourth-order valence-electron chi connectivity index (χ4n) is 4.57. The van der Waals surface area contributed by atoms with Gasteiger partial charge in [-0.2, -0.15) is 0 Å². The summed E-state index contributed by atoms with van der Waals surface area (Å²) < 4.78 is 17.3.